The second-order valence-electron chi connectivity index (χ2n) is 4.53. The lowest BCUT2D eigenvalue weighted by Gasteiger charge is -2.14. The van der Waals surface area contributed by atoms with Crippen molar-refractivity contribution in [2.45, 2.75) is 39.2 Å². The molecule has 0 spiro atoms. The van der Waals surface area contributed by atoms with Crippen LogP contribution in [-0.2, 0) is 11.2 Å². The largest absolute Gasteiger partial charge is 0.493 e. The van der Waals surface area contributed by atoms with Crippen LogP contribution in [0.5, 0.6) is 5.75 Å². The van der Waals surface area contributed by atoms with Gasteiger partial charge in [-0.1, -0.05) is 25.1 Å². The van der Waals surface area contributed by atoms with Crippen LogP contribution in [0.3, 0.4) is 0 Å². The molecule has 0 aliphatic carbocycles. The Morgan fingerprint density at radius 2 is 2.11 bits per heavy atom. The summed E-state index contributed by atoms with van der Waals surface area (Å²) in [6, 6.07) is 8.01. The number of nitrogens with two attached hydrogens (primary N) is 1. The SMILES string of the molecule is CCNC(=O)CCOc1ccccc1CC(N)CC. The number of ether oxygens (including phenoxy) is 1. The summed E-state index contributed by atoms with van der Waals surface area (Å²) < 4.78 is 5.68. The maximum atomic E-state index is 11.3. The van der Waals surface area contributed by atoms with Crippen LogP contribution in [0.15, 0.2) is 24.3 Å². The van der Waals surface area contributed by atoms with Crippen LogP contribution in [0.4, 0.5) is 0 Å². The highest BCUT2D eigenvalue weighted by atomic mass is 16.5. The van der Waals surface area contributed by atoms with E-state index in [0.717, 1.165) is 24.2 Å². The average Bonchev–Trinajstić information content (AvgIpc) is 2.41. The van der Waals surface area contributed by atoms with Gasteiger partial charge in [-0.25, -0.2) is 0 Å². The van der Waals surface area contributed by atoms with Crippen LogP contribution < -0.4 is 15.8 Å². The topological polar surface area (TPSA) is 64.3 Å². The molecule has 0 saturated carbocycles. The molecule has 0 radical (unpaired) electrons. The highest BCUT2D eigenvalue weighted by Crippen LogP contribution is 2.20. The van der Waals surface area contributed by atoms with Gasteiger partial charge in [-0.3, -0.25) is 4.79 Å². The maximum Gasteiger partial charge on any atom is 0.223 e. The Bertz CT molecular complexity index is 393. The van der Waals surface area contributed by atoms with Gasteiger partial charge < -0.3 is 15.8 Å². The van der Waals surface area contributed by atoms with Gasteiger partial charge >= 0.3 is 0 Å². The first kappa shape index (κ1) is 15.5. The lowest BCUT2D eigenvalue weighted by molar-refractivity contribution is -0.121. The van der Waals surface area contributed by atoms with Gasteiger partial charge in [0.1, 0.15) is 5.75 Å². The van der Waals surface area contributed by atoms with E-state index in [2.05, 4.69) is 12.2 Å². The fraction of sp³-hybridized carbons (Fsp3) is 0.533. The van der Waals surface area contributed by atoms with E-state index < -0.39 is 0 Å². The number of carbonyl (C=O) groups excluding carboxylic acids is 1. The van der Waals surface area contributed by atoms with Gasteiger partial charge in [-0.2, -0.15) is 0 Å². The minimum Gasteiger partial charge on any atom is -0.493 e. The zero-order valence-corrected chi connectivity index (χ0v) is 11.8. The van der Waals surface area contributed by atoms with Crippen molar-refractivity contribution in [2.24, 2.45) is 5.73 Å². The molecule has 4 heteroatoms. The standard InChI is InChI=1S/C15H24N2O2/c1-3-13(16)11-12-7-5-6-8-14(12)19-10-9-15(18)17-4-2/h5-8,13H,3-4,9-11,16H2,1-2H3,(H,17,18). The molecule has 0 aromatic heterocycles. The molecule has 1 amide bonds. The molecule has 1 rings (SSSR count). The molecule has 4 nitrogen and oxygen atoms in total. The summed E-state index contributed by atoms with van der Waals surface area (Å²) in [6.45, 7) is 5.02. The Morgan fingerprint density at radius 3 is 2.79 bits per heavy atom. The Kier molecular flexibility index (Phi) is 6.97. The number of hydrogen-bond acceptors (Lipinski definition) is 3. The molecule has 0 heterocycles. The van der Waals surface area contributed by atoms with Crippen molar-refractivity contribution in [2.75, 3.05) is 13.2 Å². The zero-order chi connectivity index (χ0) is 14.1. The number of rotatable bonds is 8. The first-order chi connectivity index (χ1) is 9.17. The summed E-state index contributed by atoms with van der Waals surface area (Å²) in [5.41, 5.74) is 7.08. The van der Waals surface area contributed by atoms with Crippen molar-refractivity contribution in [1.29, 1.82) is 0 Å². The molecular weight excluding hydrogens is 240 g/mol. The lowest BCUT2D eigenvalue weighted by Crippen LogP contribution is -2.24. The van der Waals surface area contributed by atoms with E-state index in [1.165, 1.54) is 0 Å². The van der Waals surface area contributed by atoms with Crippen LogP contribution in [-0.4, -0.2) is 25.1 Å². The molecule has 1 aromatic rings. The molecule has 0 saturated heterocycles. The van der Waals surface area contributed by atoms with Gasteiger partial charge in [0.15, 0.2) is 0 Å². The number of para-hydroxylation sites is 1. The summed E-state index contributed by atoms with van der Waals surface area (Å²) in [6.07, 6.45) is 2.11. The molecule has 19 heavy (non-hydrogen) atoms. The summed E-state index contributed by atoms with van der Waals surface area (Å²) in [5.74, 6) is 0.848. The Balaban J connectivity index is 2.50. The average molecular weight is 264 g/mol. The monoisotopic (exact) mass is 264 g/mol. The van der Waals surface area contributed by atoms with Crippen LogP contribution in [0.25, 0.3) is 0 Å². The predicted molar refractivity (Wildman–Crippen MR) is 77.2 cm³/mol. The summed E-state index contributed by atoms with van der Waals surface area (Å²) in [5, 5.41) is 2.75. The van der Waals surface area contributed by atoms with E-state index in [-0.39, 0.29) is 11.9 Å². The van der Waals surface area contributed by atoms with E-state index in [4.69, 9.17) is 10.5 Å². The quantitative estimate of drug-likeness (QED) is 0.753. The number of nitrogens with one attached hydrogen (secondary N) is 1. The Labute approximate surface area is 115 Å². The third-order valence-corrected chi connectivity index (χ3v) is 2.94. The van der Waals surface area contributed by atoms with Crippen molar-refractivity contribution in [1.82, 2.24) is 5.32 Å². The number of carbonyl (C=O) groups is 1. The predicted octanol–water partition coefficient (Wildman–Crippen LogP) is 1.87. The van der Waals surface area contributed by atoms with Crippen LogP contribution in [0.1, 0.15) is 32.3 Å². The van der Waals surface area contributed by atoms with Crippen molar-refractivity contribution in [3.63, 3.8) is 0 Å². The van der Waals surface area contributed by atoms with Crippen molar-refractivity contribution < 1.29 is 9.53 Å². The molecule has 0 fully saturated rings. The van der Waals surface area contributed by atoms with Gasteiger partial charge in [0.05, 0.1) is 13.0 Å². The molecule has 0 bridgehead atoms. The number of benzene rings is 1. The zero-order valence-electron chi connectivity index (χ0n) is 11.8. The fourth-order valence-electron chi connectivity index (χ4n) is 1.78. The van der Waals surface area contributed by atoms with E-state index in [0.29, 0.717) is 19.6 Å². The summed E-state index contributed by atoms with van der Waals surface area (Å²) in [4.78, 5) is 11.3. The molecule has 0 aliphatic heterocycles. The molecule has 1 atom stereocenters. The van der Waals surface area contributed by atoms with Gasteiger partial charge in [-0.05, 0) is 31.4 Å². The molecule has 0 aliphatic rings. The summed E-state index contributed by atoms with van der Waals surface area (Å²) >= 11 is 0. The molecule has 1 aromatic carbocycles. The van der Waals surface area contributed by atoms with E-state index >= 15 is 0 Å². The highest BCUT2D eigenvalue weighted by Gasteiger charge is 2.08. The van der Waals surface area contributed by atoms with E-state index in [1.807, 2.05) is 31.2 Å². The third-order valence-electron chi connectivity index (χ3n) is 2.94. The van der Waals surface area contributed by atoms with Crippen molar-refractivity contribution >= 4 is 5.91 Å². The second kappa shape index (κ2) is 8.53. The Hall–Kier alpha value is -1.55. The third kappa shape index (κ3) is 5.75. The minimum atomic E-state index is 0.0187. The van der Waals surface area contributed by atoms with E-state index in [1.54, 1.807) is 0 Å². The Morgan fingerprint density at radius 1 is 1.37 bits per heavy atom. The number of hydrogen-bond donors (Lipinski definition) is 2. The van der Waals surface area contributed by atoms with Crippen molar-refractivity contribution in [3.05, 3.63) is 29.8 Å². The molecule has 1 unspecified atom stereocenters. The molecule has 3 N–H and O–H groups in total. The summed E-state index contributed by atoms with van der Waals surface area (Å²) in [7, 11) is 0. The second-order valence-corrected chi connectivity index (χ2v) is 4.53. The van der Waals surface area contributed by atoms with Crippen LogP contribution >= 0.6 is 0 Å². The van der Waals surface area contributed by atoms with Gasteiger partial charge in [-0.15, -0.1) is 0 Å². The maximum absolute atomic E-state index is 11.3. The van der Waals surface area contributed by atoms with Crippen LogP contribution in [0.2, 0.25) is 0 Å². The van der Waals surface area contributed by atoms with Gasteiger partial charge in [0.25, 0.3) is 0 Å². The molecular formula is C15H24N2O2. The molecule has 106 valence electrons. The van der Waals surface area contributed by atoms with Gasteiger partial charge in [0, 0.05) is 12.6 Å². The normalized spacial score (nSPS) is 11.9. The minimum absolute atomic E-state index is 0.0187. The van der Waals surface area contributed by atoms with Crippen molar-refractivity contribution in [3.8, 4) is 5.75 Å². The smallest absolute Gasteiger partial charge is 0.223 e. The van der Waals surface area contributed by atoms with Gasteiger partial charge in [0.2, 0.25) is 5.91 Å². The first-order valence-corrected chi connectivity index (χ1v) is 6.90. The number of amides is 1. The first-order valence-electron chi connectivity index (χ1n) is 6.90. The van der Waals surface area contributed by atoms with E-state index in [9.17, 15) is 4.79 Å². The van der Waals surface area contributed by atoms with Crippen LogP contribution in [0, 0.1) is 0 Å². The highest BCUT2D eigenvalue weighted by molar-refractivity contribution is 5.75. The lowest BCUT2D eigenvalue weighted by atomic mass is 10.0. The fourth-order valence-corrected chi connectivity index (χ4v) is 1.78.